The molecular formula is C18H17ClN4O3S. The van der Waals surface area contributed by atoms with E-state index in [0.29, 0.717) is 43.9 Å². The first-order valence-corrected chi connectivity index (χ1v) is 9.77. The van der Waals surface area contributed by atoms with Gasteiger partial charge in [0.05, 0.1) is 16.8 Å². The molecule has 0 spiro atoms. The molecule has 1 aliphatic rings. The van der Waals surface area contributed by atoms with Gasteiger partial charge in [-0.25, -0.2) is 4.98 Å². The molecule has 0 bridgehead atoms. The lowest BCUT2D eigenvalue weighted by molar-refractivity contribution is 0.0715. The first-order chi connectivity index (χ1) is 13.0. The Morgan fingerprint density at radius 1 is 1.11 bits per heavy atom. The van der Waals surface area contributed by atoms with Crippen LogP contribution in [-0.4, -0.2) is 62.3 Å². The largest absolute Gasteiger partial charge is 0.508 e. The third kappa shape index (κ3) is 3.38. The summed E-state index contributed by atoms with van der Waals surface area (Å²) in [7, 11) is 0. The van der Waals surface area contributed by atoms with E-state index in [2.05, 4.69) is 4.98 Å². The summed E-state index contributed by atoms with van der Waals surface area (Å²) in [4.78, 5) is 34.1. The second-order valence-corrected chi connectivity index (χ2v) is 7.62. The standard InChI is InChI=1S/C18H17ClN4O3S/c19-14-8-12(24)2-3-13(14)17(25)21-4-1-5-22(7-6-21)18(26)15-10-27-16-9-20-11-23(15)16/h2-3,8-11,24H,1,4-7H2. The van der Waals surface area contributed by atoms with Crippen molar-refractivity contribution in [3.8, 4) is 5.75 Å². The number of fused-ring (bicyclic) bond motifs is 1. The molecule has 0 aliphatic carbocycles. The van der Waals surface area contributed by atoms with E-state index in [9.17, 15) is 14.7 Å². The van der Waals surface area contributed by atoms with Crippen LogP contribution in [0.15, 0.2) is 36.1 Å². The molecule has 7 nitrogen and oxygen atoms in total. The number of phenols is 1. The maximum Gasteiger partial charge on any atom is 0.271 e. The minimum atomic E-state index is -0.193. The molecule has 140 valence electrons. The molecule has 9 heteroatoms. The van der Waals surface area contributed by atoms with Crippen LogP contribution in [0.25, 0.3) is 4.83 Å². The van der Waals surface area contributed by atoms with Gasteiger partial charge in [0.15, 0.2) is 0 Å². The van der Waals surface area contributed by atoms with Crippen molar-refractivity contribution in [2.75, 3.05) is 26.2 Å². The quantitative estimate of drug-likeness (QED) is 0.712. The van der Waals surface area contributed by atoms with Crippen LogP contribution >= 0.6 is 22.9 Å². The third-order valence-corrected chi connectivity index (χ3v) is 5.83. The molecule has 0 unspecified atom stereocenters. The first-order valence-electron chi connectivity index (χ1n) is 8.51. The molecular weight excluding hydrogens is 388 g/mol. The fourth-order valence-corrected chi connectivity index (χ4v) is 4.29. The van der Waals surface area contributed by atoms with Crippen LogP contribution in [0.4, 0.5) is 0 Å². The minimum absolute atomic E-state index is 0.0192. The van der Waals surface area contributed by atoms with Crippen LogP contribution in [0.1, 0.15) is 27.3 Å². The summed E-state index contributed by atoms with van der Waals surface area (Å²) in [5, 5.41) is 11.5. The van der Waals surface area contributed by atoms with Crippen LogP contribution in [-0.2, 0) is 0 Å². The van der Waals surface area contributed by atoms with Gasteiger partial charge in [-0.2, -0.15) is 0 Å². The van der Waals surface area contributed by atoms with Crippen molar-refractivity contribution in [2.45, 2.75) is 6.42 Å². The summed E-state index contributed by atoms with van der Waals surface area (Å²) in [5.41, 5.74) is 0.945. The van der Waals surface area contributed by atoms with Gasteiger partial charge in [-0.3, -0.25) is 14.0 Å². The Bertz CT molecular complexity index is 1020. The predicted octanol–water partition coefficient (Wildman–Crippen LogP) is 2.74. The molecule has 4 rings (SSSR count). The van der Waals surface area contributed by atoms with Gasteiger partial charge in [0.2, 0.25) is 0 Å². The summed E-state index contributed by atoms with van der Waals surface area (Å²) in [6, 6.07) is 4.32. The van der Waals surface area contributed by atoms with E-state index >= 15 is 0 Å². The van der Waals surface area contributed by atoms with Gasteiger partial charge in [0.25, 0.3) is 11.8 Å². The Hall–Kier alpha value is -2.58. The number of amides is 2. The lowest BCUT2D eigenvalue weighted by atomic mass is 10.2. The molecule has 2 aromatic heterocycles. The number of halogens is 1. The SMILES string of the molecule is O=C(c1ccc(O)cc1Cl)N1CCCN(C(=O)c2csc3cncn23)CC1. The summed E-state index contributed by atoms with van der Waals surface area (Å²) in [6.07, 6.45) is 4.05. The number of nitrogens with zero attached hydrogens (tertiary/aromatic N) is 4. The van der Waals surface area contributed by atoms with Gasteiger partial charge < -0.3 is 14.9 Å². The molecule has 27 heavy (non-hydrogen) atoms. The Kier molecular flexibility index (Phi) is 4.75. The number of carbonyl (C=O) groups excluding carboxylic acids is 2. The topological polar surface area (TPSA) is 78.2 Å². The molecule has 1 N–H and O–H groups in total. The molecule has 2 amide bonds. The van der Waals surface area contributed by atoms with Crippen molar-refractivity contribution in [3.63, 3.8) is 0 Å². The Morgan fingerprint density at radius 2 is 1.85 bits per heavy atom. The van der Waals surface area contributed by atoms with Crippen molar-refractivity contribution in [2.24, 2.45) is 0 Å². The highest BCUT2D eigenvalue weighted by atomic mass is 35.5. The van der Waals surface area contributed by atoms with E-state index in [-0.39, 0.29) is 22.6 Å². The summed E-state index contributed by atoms with van der Waals surface area (Å²) in [6.45, 7) is 2.01. The number of hydrogen-bond acceptors (Lipinski definition) is 5. The second kappa shape index (κ2) is 7.21. The highest BCUT2D eigenvalue weighted by Gasteiger charge is 2.26. The normalized spacial score (nSPS) is 15.1. The number of benzene rings is 1. The van der Waals surface area contributed by atoms with E-state index in [0.717, 1.165) is 4.83 Å². The highest BCUT2D eigenvalue weighted by molar-refractivity contribution is 7.15. The zero-order valence-corrected chi connectivity index (χ0v) is 15.9. The summed E-state index contributed by atoms with van der Waals surface area (Å²) < 4.78 is 1.79. The minimum Gasteiger partial charge on any atom is -0.508 e. The zero-order valence-electron chi connectivity index (χ0n) is 14.3. The molecule has 1 aromatic carbocycles. The predicted molar refractivity (Wildman–Crippen MR) is 103 cm³/mol. The van der Waals surface area contributed by atoms with Crippen molar-refractivity contribution in [1.29, 1.82) is 0 Å². The van der Waals surface area contributed by atoms with Crippen LogP contribution in [0.2, 0.25) is 5.02 Å². The molecule has 0 saturated carbocycles. The number of imidazole rings is 1. The van der Waals surface area contributed by atoms with E-state index in [1.165, 1.54) is 29.5 Å². The van der Waals surface area contributed by atoms with Gasteiger partial charge in [-0.15, -0.1) is 11.3 Å². The van der Waals surface area contributed by atoms with Crippen molar-refractivity contribution in [1.82, 2.24) is 19.2 Å². The highest BCUT2D eigenvalue weighted by Crippen LogP contribution is 2.24. The number of phenolic OH excluding ortho intramolecular Hbond substituents is 1. The van der Waals surface area contributed by atoms with Crippen LogP contribution in [0.3, 0.4) is 0 Å². The third-order valence-electron chi connectivity index (χ3n) is 4.63. The van der Waals surface area contributed by atoms with Gasteiger partial charge in [0.1, 0.15) is 22.6 Å². The maximum atomic E-state index is 12.9. The molecule has 1 aliphatic heterocycles. The van der Waals surface area contributed by atoms with E-state index < -0.39 is 0 Å². The maximum absolute atomic E-state index is 12.9. The molecule has 1 fully saturated rings. The van der Waals surface area contributed by atoms with Gasteiger partial charge in [-0.1, -0.05) is 11.6 Å². The number of rotatable bonds is 2. The fourth-order valence-electron chi connectivity index (χ4n) is 3.21. The second-order valence-electron chi connectivity index (χ2n) is 6.32. The smallest absolute Gasteiger partial charge is 0.271 e. The number of aromatic hydroxyl groups is 1. The zero-order chi connectivity index (χ0) is 19.0. The number of aromatic nitrogens is 2. The lowest BCUT2D eigenvalue weighted by Crippen LogP contribution is -2.37. The Balaban J connectivity index is 1.48. The first kappa shape index (κ1) is 17.8. The molecule has 3 heterocycles. The van der Waals surface area contributed by atoms with Gasteiger partial charge >= 0.3 is 0 Å². The van der Waals surface area contributed by atoms with Crippen molar-refractivity contribution >= 4 is 39.6 Å². The summed E-state index contributed by atoms with van der Waals surface area (Å²) >= 11 is 7.57. The van der Waals surface area contributed by atoms with Crippen LogP contribution in [0.5, 0.6) is 5.75 Å². The number of hydrogen-bond donors (Lipinski definition) is 1. The molecule has 0 radical (unpaired) electrons. The molecule has 3 aromatic rings. The summed E-state index contributed by atoms with van der Waals surface area (Å²) in [5.74, 6) is -0.233. The number of thiazole rings is 1. The van der Waals surface area contributed by atoms with Crippen molar-refractivity contribution < 1.29 is 14.7 Å². The average Bonchev–Trinajstić information content (AvgIpc) is 3.17. The van der Waals surface area contributed by atoms with Gasteiger partial charge in [-0.05, 0) is 24.6 Å². The van der Waals surface area contributed by atoms with Crippen molar-refractivity contribution in [3.05, 3.63) is 52.4 Å². The van der Waals surface area contributed by atoms with E-state index in [1.54, 1.807) is 26.7 Å². The monoisotopic (exact) mass is 404 g/mol. The van der Waals surface area contributed by atoms with Crippen LogP contribution in [0, 0.1) is 0 Å². The lowest BCUT2D eigenvalue weighted by Gasteiger charge is -2.22. The van der Waals surface area contributed by atoms with E-state index in [4.69, 9.17) is 11.6 Å². The number of carbonyl (C=O) groups is 2. The van der Waals surface area contributed by atoms with E-state index in [1.807, 2.05) is 5.38 Å². The Morgan fingerprint density at radius 3 is 2.59 bits per heavy atom. The van der Waals surface area contributed by atoms with Crippen LogP contribution < -0.4 is 0 Å². The fraction of sp³-hybridized carbons (Fsp3) is 0.278. The molecule has 1 saturated heterocycles. The molecule has 0 atom stereocenters. The average molecular weight is 405 g/mol. The van der Waals surface area contributed by atoms with Gasteiger partial charge in [0, 0.05) is 31.6 Å². The Labute approximate surface area is 164 Å².